The van der Waals surface area contributed by atoms with Gasteiger partial charge in [0.05, 0.1) is 16.5 Å². The Labute approximate surface area is 121 Å². The van der Waals surface area contributed by atoms with Crippen LogP contribution < -0.4 is 4.80 Å². The number of amides is 1. The number of furan rings is 1. The van der Waals surface area contributed by atoms with Crippen molar-refractivity contribution in [2.24, 2.45) is 12.0 Å². The second kappa shape index (κ2) is 4.79. The number of aromatic nitrogens is 1. The lowest BCUT2D eigenvalue weighted by atomic mass is 10.3. The molecule has 0 aliphatic rings. The number of fused-ring (bicyclic) bond motifs is 1. The van der Waals surface area contributed by atoms with Crippen molar-refractivity contribution in [3.8, 4) is 0 Å². The number of carbonyl (C=O) groups is 1. The van der Waals surface area contributed by atoms with E-state index in [-0.39, 0.29) is 11.7 Å². The summed E-state index contributed by atoms with van der Waals surface area (Å²) in [4.78, 5) is 16.7. The number of aryl methyl sites for hydroxylation is 1. The number of hydrogen-bond acceptors (Lipinski definition) is 3. The molecule has 1 amide bonds. The molecule has 2 heterocycles. The average molecular weight is 337 g/mol. The van der Waals surface area contributed by atoms with E-state index in [1.807, 2.05) is 29.8 Å². The van der Waals surface area contributed by atoms with Crippen LogP contribution in [-0.4, -0.2) is 10.5 Å². The second-order valence-corrected chi connectivity index (χ2v) is 5.79. The summed E-state index contributed by atoms with van der Waals surface area (Å²) in [5, 5.41) is 0. The summed E-state index contributed by atoms with van der Waals surface area (Å²) in [5.74, 6) is -0.125. The van der Waals surface area contributed by atoms with Gasteiger partial charge in [-0.05, 0) is 40.2 Å². The topological polar surface area (TPSA) is 47.5 Å². The van der Waals surface area contributed by atoms with Gasteiger partial charge in [-0.3, -0.25) is 4.79 Å². The number of benzene rings is 1. The number of halogens is 1. The van der Waals surface area contributed by atoms with Crippen LogP contribution in [0, 0.1) is 0 Å². The van der Waals surface area contributed by atoms with Gasteiger partial charge in [0.15, 0.2) is 10.6 Å². The molecule has 0 unspecified atom stereocenters. The average Bonchev–Trinajstić information content (AvgIpc) is 2.99. The van der Waals surface area contributed by atoms with Crippen LogP contribution in [0.1, 0.15) is 10.6 Å². The molecule has 0 atom stereocenters. The first-order valence-electron chi connectivity index (χ1n) is 5.53. The van der Waals surface area contributed by atoms with Gasteiger partial charge < -0.3 is 8.98 Å². The molecule has 0 saturated heterocycles. The van der Waals surface area contributed by atoms with Gasteiger partial charge in [-0.1, -0.05) is 17.4 Å². The number of carbonyl (C=O) groups excluding carboxylic acids is 1. The zero-order chi connectivity index (χ0) is 13.4. The minimum Gasteiger partial charge on any atom is -0.459 e. The quantitative estimate of drug-likeness (QED) is 0.684. The first-order chi connectivity index (χ1) is 9.16. The fourth-order valence-corrected chi connectivity index (χ4v) is 3.61. The fourth-order valence-electron chi connectivity index (χ4n) is 1.81. The van der Waals surface area contributed by atoms with Crippen LogP contribution in [-0.2, 0) is 7.05 Å². The van der Waals surface area contributed by atoms with Gasteiger partial charge in [-0.25, -0.2) is 0 Å². The second-order valence-electron chi connectivity index (χ2n) is 3.92. The van der Waals surface area contributed by atoms with Gasteiger partial charge in [0.25, 0.3) is 0 Å². The molecule has 1 aromatic carbocycles. The van der Waals surface area contributed by atoms with Crippen molar-refractivity contribution >= 4 is 43.4 Å². The van der Waals surface area contributed by atoms with Crippen LogP contribution in [0.2, 0.25) is 0 Å². The molecule has 3 aromatic rings. The van der Waals surface area contributed by atoms with Crippen molar-refractivity contribution in [1.82, 2.24) is 4.57 Å². The zero-order valence-corrected chi connectivity index (χ0v) is 12.4. The normalized spacial score (nSPS) is 12.2. The summed E-state index contributed by atoms with van der Waals surface area (Å²) in [6, 6.07) is 9.20. The molecule has 96 valence electrons. The van der Waals surface area contributed by atoms with Gasteiger partial charge in [0, 0.05) is 11.5 Å². The lowest BCUT2D eigenvalue weighted by molar-refractivity contribution is 0.0971. The van der Waals surface area contributed by atoms with E-state index in [4.69, 9.17) is 4.42 Å². The van der Waals surface area contributed by atoms with Crippen molar-refractivity contribution in [1.29, 1.82) is 0 Å². The van der Waals surface area contributed by atoms with E-state index in [0.29, 0.717) is 4.80 Å². The van der Waals surface area contributed by atoms with Crippen LogP contribution in [0.3, 0.4) is 0 Å². The van der Waals surface area contributed by atoms with Gasteiger partial charge in [-0.15, -0.1) is 0 Å². The van der Waals surface area contributed by atoms with E-state index in [2.05, 4.69) is 20.9 Å². The van der Waals surface area contributed by atoms with Crippen LogP contribution in [0.5, 0.6) is 0 Å². The molecule has 0 spiro atoms. The molecule has 6 heteroatoms. The smallest absolute Gasteiger partial charge is 0.315 e. The SMILES string of the molecule is Cn1c(=NC(=O)c2ccco2)sc2cccc(Br)c21. The first-order valence-corrected chi connectivity index (χ1v) is 7.14. The van der Waals surface area contributed by atoms with Crippen molar-refractivity contribution in [3.63, 3.8) is 0 Å². The lowest BCUT2D eigenvalue weighted by Gasteiger charge is -1.97. The highest BCUT2D eigenvalue weighted by Gasteiger charge is 2.10. The highest BCUT2D eigenvalue weighted by molar-refractivity contribution is 9.10. The van der Waals surface area contributed by atoms with Crippen LogP contribution >= 0.6 is 27.3 Å². The third kappa shape index (κ3) is 2.17. The van der Waals surface area contributed by atoms with E-state index in [1.165, 1.54) is 17.6 Å². The Morgan fingerprint density at radius 2 is 2.21 bits per heavy atom. The Kier molecular flexibility index (Phi) is 3.12. The third-order valence-electron chi connectivity index (χ3n) is 2.70. The number of para-hydroxylation sites is 1. The highest BCUT2D eigenvalue weighted by Crippen LogP contribution is 2.24. The Morgan fingerprint density at radius 1 is 1.37 bits per heavy atom. The molecule has 0 aliphatic carbocycles. The van der Waals surface area contributed by atoms with E-state index < -0.39 is 0 Å². The van der Waals surface area contributed by atoms with E-state index >= 15 is 0 Å². The summed E-state index contributed by atoms with van der Waals surface area (Å²) >= 11 is 4.97. The number of nitrogens with zero attached hydrogens (tertiary/aromatic N) is 2. The van der Waals surface area contributed by atoms with Crippen LogP contribution in [0.25, 0.3) is 10.2 Å². The first kappa shape index (κ1) is 12.4. The molecule has 0 N–H and O–H groups in total. The van der Waals surface area contributed by atoms with Crippen LogP contribution in [0.15, 0.2) is 50.5 Å². The molecule has 19 heavy (non-hydrogen) atoms. The molecule has 2 aromatic heterocycles. The summed E-state index contributed by atoms with van der Waals surface area (Å²) in [6.45, 7) is 0. The molecule has 0 fully saturated rings. The maximum Gasteiger partial charge on any atom is 0.315 e. The molecule has 0 radical (unpaired) electrons. The van der Waals surface area contributed by atoms with Crippen molar-refractivity contribution < 1.29 is 9.21 Å². The molecule has 0 aliphatic heterocycles. The highest BCUT2D eigenvalue weighted by atomic mass is 79.9. The predicted octanol–water partition coefficient (Wildman–Crippen LogP) is 3.34. The molecule has 4 nitrogen and oxygen atoms in total. The standard InChI is InChI=1S/C13H9BrN2O2S/c1-16-11-8(14)4-2-6-10(11)19-13(16)15-12(17)9-5-3-7-18-9/h2-7H,1H3. The molecular formula is C13H9BrN2O2S. The third-order valence-corrected chi connectivity index (χ3v) is 4.44. The van der Waals surface area contributed by atoms with Crippen molar-refractivity contribution in [3.05, 3.63) is 51.6 Å². The predicted molar refractivity (Wildman–Crippen MR) is 77.1 cm³/mol. The Hall–Kier alpha value is -1.66. The fraction of sp³-hybridized carbons (Fsp3) is 0.0769. The number of hydrogen-bond donors (Lipinski definition) is 0. The Bertz CT molecular complexity index is 815. The van der Waals surface area contributed by atoms with Gasteiger partial charge in [0.2, 0.25) is 0 Å². The Balaban J connectivity index is 2.19. The van der Waals surface area contributed by atoms with Gasteiger partial charge in [-0.2, -0.15) is 4.99 Å². The Morgan fingerprint density at radius 3 is 2.89 bits per heavy atom. The monoisotopic (exact) mass is 336 g/mol. The number of thiazole rings is 1. The van der Waals surface area contributed by atoms with Gasteiger partial charge >= 0.3 is 5.91 Å². The van der Waals surface area contributed by atoms with Gasteiger partial charge in [0.1, 0.15) is 0 Å². The summed E-state index contributed by atoms with van der Waals surface area (Å²) in [7, 11) is 1.89. The molecule has 0 saturated carbocycles. The molecule has 3 rings (SSSR count). The minimum atomic E-state index is -0.372. The molecule has 0 bridgehead atoms. The van der Waals surface area contributed by atoms with E-state index in [0.717, 1.165) is 14.7 Å². The van der Waals surface area contributed by atoms with Crippen molar-refractivity contribution in [2.75, 3.05) is 0 Å². The summed E-state index contributed by atoms with van der Waals surface area (Å²) in [6.07, 6.45) is 1.46. The van der Waals surface area contributed by atoms with E-state index in [1.54, 1.807) is 12.1 Å². The minimum absolute atomic E-state index is 0.247. The lowest BCUT2D eigenvalue weighted by Crippen LogP contribution is -2.13. The maximum absolute atomic E-state index is 11.9. The molecular weight excluding hydrogens is 328 g/mol. The van der Waals surface area contributed by atoms with Crippen molar-refractivity contribution in [2.45, 2.75) is 0 Å². The number of rotatable bonds is 1. The maximum atomic E-state index is 11.9. The summed E-state index contributed by atoms with van der Waals surface area (Å²) in [5.41, 5.74) is 1.03. The largest absolute Gasteiger partial charge is 0.459 e. The summed E-state index contributed by atoms with van der Waals surface area (Å²) < 4.78 is 9.00. The van der Waals surface area contributed by atoms with E-state index in [9.17, 15) is 4.79 Å². The zero-order valence-electron chi connectivity index (χ0n) is 9.96. The van der Waals surface area contributed by atoms with Crippen LogP contribution in [0.4, 0.5) is 0 Å².